The molecule has 0 aliphatic rings. The predicted octanol–water partition coefficient (Wildman–Crippen LogP) is 2.08. The maximum atomic E-state index is 12.4. The third-order valence-electron chi connectivity index (χ3n) is 3.50. The Hall–Kier alpha value is -2.89. The second-order valence-corrected chi connectivity index (χ2v) is 5.56. The van der Waals surface area contributed by atoms with E-state index in [4.69, 9.17) is 4.74 Å². The summed E-state index contributed by atoms with van der Waals surface area (Å²) in [5, 5.41) is 12.1. The van der Waals surface area contributed by atoms with Crippen molar-refractivity contribution in [2.24, 2.45) is 0 Å². The average molecular weight is 328 g/mol. The monoisotopic (exact) mass is 328 g/mol. The van der Waals surface area contributed by atoms with Gasteiger partial charge in [0.1, 0.15) is 11.3 Å². The minimum Gasteiger partial charge on any atom is -0.506 e. The molecule has 0 aliphatic carbocycles. The Labute approximate surface area is 140 Å². The summed E-state index contributed by atoms with van der Waals surface area (Å²) in [4.78, 5) is 28.9. The van der Waals surface area contributed by atoms with Gasteiger partial charge in [-0.3, -0.25) is 9.78 Å². The van der Waals surface area contributed by atoms with E-state index in [9.17, 15) is 14.7 Å². The molecule has 126 valence electrons. The number of pyridine rings is 1. The lowest BCUT2D eigenvalue weighted by molar-refractivity contribution is -0.150. The number of rotatable bonds is 6. The summed E-state index contributed by atoms with van der Waals surface area (Å²) in [7, 11) is 0. The second kappa shape index (κ2) is 7.59. The highest BCUT2D eigenvalue weighted by Gasteiger charge is 2.37. The molecule has 6 nitrogen and oxygen atoms in total. The van der Waals surface area contributed by atoms with E-state index in [0.717, 1.165) is 0 Å². The summed E-state index contributed by atoms with van der Waals surface area (Å²) >= 11 is 0. The lowest BCUT2D eigenvalue weighted by Gasteiger charge is -2.28. The fourth-order valence-electron chi connectivity index (χ4n) is 2.25. The first-order chi connectivity index (χ1) is 11.4. The van der Waals surface area contributed by atoms with Gasteiger partial charge in [-0.2, -0.15) is 0 Å². The van der Waals surface area contributed by atoms with Gasteiger partial charge in [-0.15, -0.1) is 0 Å². The number of aromatic nitrogens is 1. The van der Waals surface area contributed by atoms with E-state index in [2.05, 4.69) is 10.3 Å². The summed E-state index contributed by atoms with van der Waals surface area (Å²) in [6.45, 7) is 3.51. The Bertz CT molecular complexity index is 701. The van der Waals surface area contributed by atoms with Gasteiger partial charge in [0, 0.05) is 17.7 Å². The van der Waals surface area contributed by atoms with Crippen LogP contribution in [0.4, 0.5) is 0 Å². The number of ether oxygens (including phenoxy) is 1. The van der Waals surface area contributed by atoms with Crippen LogP contribution in [0.2, 0.25) is 0 Å². The van der Waals surface area contributed by atoms with Crippen LogP contribution in [0.25, 0.3) is 0 Å². The molecule has 1 heterocycles. The molecule has 2 aromatic rings. The molecule has 1 unspecified atom stereocenters. The molecule has 0 saturated carbocycles. The van der Waals surface area contributed by atoms with Crippen molar-refractivity contribution in [2.75, 3.05) is 6.61 Å². The highest BCUT2D eigenvalue weighted by molar-refractivity contribution is 5.98. The van der Waals surface area contributed by atoms with Gasteiger partial charge in [-0.25, -0.2) is 4.79 Å². The van der Waals surface area contributed by atoms with Gasteiger partial charge in [0.2, 0.25) is 0 Å². The van der Waals surface area contributed by atoms with Gasteiger partial charge < -0.3 is 15.2 Å². The number of hydrogen-bond donors (Lipinski definition) is 2. The Morgan fingerprint density at radius 1 is 1.21 bits per heavy atom. The molecule has 0 spiro atoms. The number of carbonyl (C=O) groups excluding carboxylic acids is 2. The Morgan fingerprint density at radius 2 is 1.92 bits per heavy atom. The predicted molar refractivity (Wildman–Crippen MR) is 88.6 cm³/mol. The van der Waals surface area contributed by atoms with E-state index >= 15 is 0 Å². The zero-order valence-corrected chi connectivity index (χ0v) is 13.7. The largest absolute Gasteiger partial charge is 0.506 e. The Balaban J connectivity index is 2.24. The lowest BCUT2D eigenvalue weighted by Crippen LogP contribution is -2.54. The molecular weight excluding hydrogens is 308 g/mol. The Kier molecular flexibility index (Phi) is 5.52. The molecular formula is C18H20N2O4. The van der Waals surface area contributed by atoms with Gasteiger partial charge in [0.05, 0.1) is 12.8 Å². The Morgan fingerprint density at radius 3 is 2.50 bits per heavy atom. The summed E-state index contributed by atoms with van der Waals surface area (Å²) < 4.78 is 5.11. The van der Waals surface area contributed by atoms with Crippen LogP contribution in [-0.2, 0) is 16.0 Å². The number of amides is 1. The van der Waals surface area contributed by atoms with Crippen molar-refractivity contribution in [1.29, 1.82) is 0 Å². The molecule has 6 heteroatoms. The molecule has 0 bridgehead atoms. The van der Waals surface area contributed by atoms with Crippen molar-refractivity contribution in [3.05, 3.63) is 59.9 Å². The zero-order chi connectivity index (χ0) is 17.6. The van der Waals surface area contributed by atoms with E-state index in [1.54, 1.807) is 44.2 Å². The highest BCUT2D eigenvalue weighted by Crippen LogP contribution is 2.17. The van der Waals surface area contributed by atoms with E-state index in [0.29, 0.717) is 11.3 Å². The first-order valence-corrected chi connectivity index (χ1v) is 7.63. The molecule has 0 saturated heterocycles. The van der Waals surface area contributed by atoms with E-state index in [1.165, 1.54) is 12.3 Å². The van der Waals surface area contributed by atoms with Crippen LogP contribution in [0.1, 0.15) is 29.9 Å². The maximum Gasteiger partial charge on any atom is 0.331 e. The SMILES string of the molecule is CCOC(=O)C(C)(Cc1ccc(O)cn1)NC(=O)c1ccccc1. The van der Waals surface area contributed by atoms with E-state index < -0.39 is 11.5 Å². The topological polar surface area (TPSA) is 88.5 Å². The van der Waals surface area contributed by atoms with Crippen LogP contribution in [0.3, 0.4) is 0 Å². The van der Waals surface area contributed by atoms with Crippen LogP contribution >= 0.6 is 0 Å². The van der Waals surface area contributed by atoms with Crippen LogP contribution in [-0.4, -0.2) is 34.1 Å². The summed E-state index contributed by atoms with van der Waals surface area (Å²) in [6, 6.07) is 11.7. The van der Waals surface area contributed by atoms with Crippen molar-refractivity contribution in [3.8, 4) is 5.75 Å². The van der Waals surface area contributed by atoms with Crippen LogP contribution < -0.4 is 5.32 Å². The van der Waals surface area contributed by atoms with Gasteiger partial charge in [0.25, 0.3) is 5.91 Å². The first-order valence-electron chi connectivity index (χ1n) is 7.63. The minimum absolute atomic E-state index is 0.0323. The number of esters is 1. The molecule has 1 aromatic heterocycles. The molecule has 1 aromatic carbocycles. The summed E-state index contributed by atoms with van der Waals surface area (Å²) in [5.74, 6) is -0.876. The van der Waals surface area contributed by atoms with E-state index in [-0.39, 0.29) is 24.7 Å². The normalized spacial score (nSPS) is 12.9. The summed E-state index contributed by atoms with van der Waals surface area (Å²) in [5.41, 5.74) is -0.268. The number of nitrogens with zero attached hydrogens (tertiary/aromatic N) is 1. The molecule has 1 atom stereocenters. The molecule has 2 rings (SSSR count). The molecule has 1 amide bonds. The number of hydrogen-bond acceptors (Lipinski definition) is 5. The third-order valence-corrected chi connectivity index (χ3v) is 3.50. The maximum absolute atomic E-state index is 12.4. The average Bonchev–Trinajstić information content (AvgIpc) is 2.58. The fraction of sp³-hybridized carbons (Fsp3) is 0.278. The lowest BCUT2D eigenvalue weighted by atomic mass is 9.94. The van der Waals surface area contributed by atoms with Crippen LogP contribution in [0.15, 0.2) is 48.7 Å². The standard InChI is InChI=1S/C18H20N2O4/c1-3-24-17(23)18(2,11-14-9-10-15(21)12-19-14)20-16(22)13-7-5-4-6-8-13/h4-10,12,21H,3,11H2,1-2H3,(H,20,22). The second-order valence-electron chi connectivity index (χ2n) is 5.56. The molecule has 0 aliphatic heterocycles. The van der Waals surface area contributed by atoms with Gasteiger partial charge >= 0.3 is 5.97 Å². The molecule has 2 N–H and O–H groups in total. The van der Waals surface area contributed by atoms with Crippen molar-refractivity contribution in [1.82, 2.24) is 10.3 Å². The van der Waals surface area contributed by atoms with Crippen molar-refractivity contribution in [2.45, 2.75) is 25.8 Å². The molecule has 24 heavy (non-hydrogen) atoms. The van der Waals surface area contributed by atoms with Crippen molar-refractivity contribution < 1.29 is 19.4 Å². The van der Waals surface area contributed by atoms with Gasteiger partial charge in [0.15, 0.2) is 0 Å². The van der Waals surface area contributed by atoms with Crippen molar-refractivity contribution >= 4 is 11.9 Å². The number of carbonyl (C=O) groups is 2. The van der Waals surface area contributed by atoms with Gasteiger partial charge in [-0.05, 0) is 38.1 Å². The molecule has 0 radical (unpaired) electrons. The zero-order valence-electron chi connectivity index (χ0n) is 13.7. The smallest absolute Gasteiger partial charge is 0.331 e. The van der Waals surface area contributed by atoms with Crippen LogP contribution in [0.5, 0.6) is 5.75 Å². The van der Waals surface area contributed by atoms with Gasteiger partial charge in [-0.1, -0.05) is 18.2 Å². The minimum atomic E-state index is -1.27. The quantitative estimate of drug-likeness (QED) is 0.793. The number of aromatic hydroxyl groups is 1. The first kappa shape index (κ1) is 17.5. The number of nitrogens with one attached hydrogen (secondary N) is 1. The fourth-order valence-corrected chi connectivity index (χ4v) is 2.25. The summed E-state index contributed by atoms with van der Waals surface area (Å²) in [6.07, 6.45) is 1.44. The van der Waals surface area contributed by atoms with Crippen molar-refractivity contribution in [3.63, 3.8) is 0 Å². The highest BCUT2D eigenvalue weighted by atomic mass is 16.5. The van der Waals surface area contributed by atoms with Crippen LogP contribution in [0, 0.1) is 0 Å². The number of benzene rings is 1. The third kappa shape index (κ3) is 4.32. The molecule has 0 fully saturated rings. The van der Waals surface area contributed by atoms with E-state index in [1.807, 2.05) is 6.07 Å².